The molecular formula is C7H4N3O3S-. The largest absolute Gasteiger partial charge is 0.767 e. The van der Waals surface area contributed by atoms with Gasteiger partial charge in [-0.1, -0.05) is 0 Å². The van der Waals surface area contributed by atoms with Gasteiger partial charge in [-0.05, 0) is 28.4 Å². The molecule has 0 aliphatic heterocycles. The molecule has 72 valence electrons. The van der Waals surface area contributed by atoms with Crippen molar-refractivity contribution in [2.75, 3.05) is 0 Å². The Hall–Kier alpha value is -1.60. The summed E-state index contributed by atoms with van der Waals surface area (Å²) in [5.74, 6) is 0. The molecule has 1 atom stereocenters. The van der Waals surface area contributed by atoms with E-state index in [0.717, 1.165) is 0 Å². The standard InChI is InChI=1S/C7H5N3O3S/c11-9-5-1-2-6-8-3-7(14(12)13)10(6)4-5/h1-4H,(H,12,13)/p-1. The Morgan fingerprint density at radius 2 is 2.29 bits per heavy atom. The van der Waals surface area contributed by atoms with Crippen molar-refractivity contribution >= 4 is 22.4 Å². The van der Waals surface area contributed by atoms with Crippen molar-refractivity contribution < 1.29 is 8.76 Å². The second-order valence-corrected chi connectivity index (χ2v) is 3.43. The number of nitroso groups, excluding NO2 is 1. The van der Waals surface area contributed by atoms with Gasteiger partial charge in [-0.3, -0.25) is 8.61 Å². The molecule has 0 fully saturated rings. The summed E-state index contributed by atoms with van der Waals surface area (Å²) in [6.45, 7) is 0. The minimum absolute atomic E-state index is 0.00509. The molecule has 0 aromatic carbocycles. The van der Waals surface area contributed by atoms with Crippen LogP contribution in [0, 0.1) is 4.91 Å². The van der Waals surface area contributed by atoms with Crippen LogP contribution >= 0.6 is 0 Å². The number of nitrogens with zero attached hydrogens (tertiary/aromatic N) is 3. The van der Waals surface area contributed by atoms with Crippen molar-refractivity contribution in [2.45, 2.75) is 5.03 Å². The summed E-state index contributed by atoms with van der Waals surface area (Å²) >= 11 is -2.38. The first kappa shape index (κ1) is 8.97. The Morgan fingerprint density at radius 3 is 2.93 bits per heavy atom. The van der Waals surface area contributed by atoms with Gasteiger partial charge < -0.3 is 4.55 Å². The molecule has 0 spiro atoms. The molecule has 0 radical (unpaired) electrons. The van der Waals surface area contributed by atoms with E-state index in [0.29, 0.717) is 5.65 Å². The Balaban J connectivity index is 2.75. The van der Waals surface area contributed by atoms with E-state index < -0.39 is 11.1 Å². The van der Waals surface area contributed by atoms with Crippen molar-refractivity contribution in [3.8, 4) is 0 Å². The molecule has 2 aromatic heterocycles. The number of imidazole rings is 1. The van der Waals surface area contributed by atoms with E-state index in [-0.39, 0.29) is 10.7 Å². The Morgan fingerprint density at radius 1 is 1.50 bits per heavy atom. The molecule has 0 saturated carbocycles. The van der Waals surface area contributed by atoms with Crippen LogP contribution in [0.2, 0.25) is 0 Å². The lowest BCUT2D eigenvalue weighted by Gasteiger charge is -2.03. The van der Waals surface area contributed by atoms with E-state index in [9.17, 15) is 13.7 Å². The normalized spacial score (nSPS) is 12.9. The zero-order valence-corrected chi connectivity index (χ0v) is 7.60. The van der Waals surface area contributed by atoms with Gasteiger partial charge >= 0.3 is 0 Å². The summed E-state index contributed by atoms with van der Waals surface area (Å²) in [5, 5.41) is 2.71. The van der Waals surface area contributed by atoms with Crippen LogP contribution in [0.15, 0.2) is 34.7 Å². The van der Waals surface area contributed by atoms with Crippen LogP contribution in [-0.2, 0) is 11.1 Å². The fraction of sp³-hybridized carbons (Fsp3) is 0. The molecule has 0 saturated heterocycles. The van der Waals surface area contributed by atoms with Crippen LogP contribution in [0.3, 0.4) is 0 Å². The summed E-state index contributed by atoms with van der Waals surface area (Å²) in [7, 11) is 0. The number of fused-ring (bicyclic) bond motifs is 1. The second kappa shape index (κ2) is 3.28. The second-order valence-electron chi connectivity index (χ2n) is 2.54. The smallest absolute Gasteiger partial charge is 0.137 e. The van der Waals surface area contributed by atoms with Crippen LogP contribution in [-0.4, -0.2) is 18.1 Å². The highest BCUT2D eigenvalue weighted by Crippen LogP contribution is 2.16. The molecule has 14 heavy (non-hydrogen) atoms. The first-order valence-electron chi connectivity index (χ1n) is 3.62. The number of aromatic nitrogens is 2. The first-order chi connectivity index (χ1) is 6.72. The minimum atomic E-state index is -2.38. The van der Waals surface area contributed by atoms with E-state index in [1.54, 1.807) is 0 Å². The van der Waals surface area contributed by atoms with Gasteiger partial charge in [0.25, 0.3) is 0 Å². The van der Waals surface area contributed by atoms with Crippen molar-refractivity contribution in [1.29, 1.82) is 0 Å². The topological polar surface area (TPSA) is 86.9 Å². The molecule has 0 aliphatic carbocycles. The quantitative estimate of drug-likeness (QED) is 0.545. The zero-order chi connectivity index (χ0) is 10.1. The van der Waals surface area contributed by atoms with Gasteiger partial charge in [0, 0.05) is 6.20 Å². The molecular weight excluding hydrogens is 206 g/mol. The van der Waals surface area contributed by atoms with Crippen LogP contribution < -0.4 is 0 Å². The summed E-state index contributed by atoms with van der Waals surface area (Å²) in [4.78, 5) is 14.1. The molecule has 0 bridgehead atoms. The van der Waals surface area contributed by atoms with Crippen molar-refractivity contribution in [2.24, 2.45) is 5.18 Å². The molecule has 0 aliphatic rings. The van der Waals surface area contributed by atoms with E-state index in [4.69, 9.17) is 0 Å². The van der Waals surface area contributed by atoms with Crippen LogP contribution in [0.1, 0.15) is 0 Å². The molecule has 0 amide bonds. The lowest BCUT2D eigenvalue weighted by atomic mass is 10.4. The van der Waals surface area contributed by atoms with Gasteiger partial charge in [0.1, 0.15) is 16.4 Å². The summed E-state index contributed by atoms with van der Waals surface area (Å²) in [6.07, 6.45) is 2.54. The van der Waals surface area contributed by atoms with Crippen LogP contribution in [0.4, 0.5) is 5.69 Å². The fourth-order valence-electron chi connectivity index (χ4n) is 1.12. The lowest BCUT2D eigenvalue weighted by molar-refractivity contribution is 0.532. The third-order valence-corrected chi connectivity index (χ3v) is 2.38. The van der Waals surface area contributed by atoms with Crippen molar-refractivity contribution in [3.63, 3.8) is 0 Å². The molecule has 1 unspecified atom stereocenters. The highest BCUT2D eigenvalue weighted by atomic mass is 32.2. The van der Waals surface area contributed by atoms with Gasteiger partial charge in [0.15, 0.2) is 0 Å². The van der Waals surface area contributed by atoms with Gasteiger partial charge in [-0.15, -0.1) is 4.91 Å². The van der Waals surface area contributed by atoms with Gasteiger partial charge in [-0.2, -0.15) is 0 Å². The first-order valence-corrected chi connectivity index (χ1v) is 4.69. The summed E-state index contributed by atoms with van der Waals surface area (Å²) in [6, 6.07) is 2.99. The highest BCUT2D eigenvalue weighted by Gasteiger charge is 2.03. The molecule has 2 rings (SSSR count). The average molecular weight is 210 g/mol. The fourth-order valence-corrected chi connectivity index (χ4v) is 1.57. The van der Waals surface area contributed by atoms with Crippen molar-refractivity contribution in [1.82, 2.24) is 9.38 Å². The maximum atomic E-state index is 10.7. The van der Waals surface area contributed by atoms with Gasteiger partial charge in [0.2, 0.25) is 0 Å². The monoisotopic (exact) mass is 210 g/mol. The third kappa shape index (κ3) is 1.32. The summed E-state index contributed by atoms with van der Waals surface area (Å²) < 4.78 is 22.7. The zero-order valence-electron chi connectivity index (χ0n) is 6.78. The predicted molar refractivity (Wildman–Crippen MR) is 47.8 cm³/mol. The molecule has 7 heteroatoms. The molecule has 2 heterocycles. The van der Waals surface area contributed by atoms with Crippen LogP contribution in [0.5, 0.6) is 0 Å². The Bertz CT molecular complexity index is 522. The van der Waals surface area contributed by atoms with E-state index in [2.05, 4.69) is 10.2 Å². The van der Waals surface area contributed by atoms with Crippen LogP contribution in [0.25, 0.3) is 5.65 Å². The predicted octanol–water partition coefficient (Wildman–Crippen LogP) is 0.970. The number of hydrogen-bond acceptors (Lipinski definition) is 5. The average Bonchev–Trinajstić information content (AvgIpc) is 2.59. The number of rotatable bonds is 2. The molecule has 0 N–H and O–H groups in total. The third-order valence-electron chi connectivity index (χ3n) is 1.73. The SMILES string of the molecule is O=Nc1ccc2ncc(S(=O)[O-])n2c1. The highest BCUT2D eigenvalue weighted by molar-refractivity contribution is 7.79. The van der Waals surface area contributed by atoms with Gasteiger partial charge in [-0.25, -0.2) is 4.98 Å². The van der Waals surface area contributed by atoms with E-state index in [1.807, 2.05) is 0 Å². The molecule has 2 aromatic rings. The Labute approximate surface area is 80.8 Å². The minimum Gasteiger partial charge on any atom is -0.767 e. The van der Waals surface area contributed by atoms with E-state index in [1.165, 1.54) is 28.9 Å². The number of hydrogen-bond donors (Lipinski definition) is 0. The lowest BCUT2D eigenvalue weighted by Crippen LogP contribution is -1.94. The maximum Gasteiger partial charge on any atom is 0.137 e. The van der Waals surface area contributed by atoms with Gasteiger partial charge in [0.05, 0.1) is 6.20 Å². The Kier molecular flexibility index (Phi) is 2.10. The van der Waals surface area contributed by atoms with Crippen molar-refractivity contribution in [3.05, 3.63) is 29.4 Å². The maximum absolute atomic E-state index is 10.7. The molecule has 6 nitrogen and oxygen atoms in total. The summed E-state index contributed by atoms with van der Waals surface area (Å²) in [5.41, 5.74) is 0.610. The van der Waals surface area contributed by atoms with E-state index >= 15 is 0 Å². The number of pyridine rings is 1.